The lowest BCUT2D eigenvalue weighted by atomic mass is 10.1. The maximum absolute atomic E-state index is 13.6. The fraction of sp³-hybridized carbons (Fsp3) is 0.0270. The largest absolute Gasteiger partial charge is 0.457 e. The molecular weight excluding hydrogens is 708 g/mol. The van der Waals surface area contributed by atoms with Crippen molar-refractivity contribution in [1.82, 2.24) is 10.3 Å². The minimum Gasteiger partial charge on any atom is -0.457 e. The second-order valence-electron chi connectivity index (χ2n) is 10.3. The number of thioether (sulfide) groups is 1. The van der Waals surface area contributed by atoms with Crippen LogP contribution in [0, 0.1) is 0 Å². The van der Waals surface area contributed by atoms with Gasteiger partial charge in [-0.05, 0) is 66.2 Å². The lowest BCUT2D eigenvalue weighted by Gasteiger charge is -2.16. The highest BCUT2D eigenvalue weighted by atomic mass is 79.9. The van der Waals surface area contributed by atoms with Gasteiger partial charge in [-0.2, -0.15) is 0 Å². The van der Waals surface area contributed by atoms with Gasteiger partial charge in [0, 0.05) is 43.8 Å². The van der Waals surface area contributed by atoms with Gasteiger partial charge in [0.2, 0.25) is 5.91 Å². The molecule has 2 aromatic heterocycles. The molecule has 0 aliphatic heterocycles. The van der Waals surface area contributed by atoms with E-state index in [9.17, 15) is 14.4 Å². The topological polar surface area (TPSA) is 113 Å². The van der Waals surface area contributed by atoms with Crippen LogP contribution in [0.15, 0.2) is 152 Å². The van der Waals surface area contributed by atoms with Crippen molar-refractivity contribution in [2.75, 3.05) is 10.6 Å². The Labute approximate surface area is 293 Å². The Morgan fingerprint density at radius 3 is 2.21 bits per heavy atom. The summed E-state index contributed by atoms with van der Waals surface area (Å²) in [6.07, 6.45) is 3.13. The number of carbonyl (C=O) groups is 3. The fourth-order valence-corrected chi connectivity index (χ4v) is 6.41. The summed E-state index contributed by atoms with van der Waals surface area (Å²) in [4.78, 5) is 44.9. The number of thiazole rings is 1. The molecular formula is C37H27BrN4O4S2. The lowest BCUT2D eigenvalue weighted by molar-refractivity contribution is -0.116. The third-order valence-corrected chi connectivity index (χ3v) is 9.42. The molecule has 0 bridgehead atoms. The molecule has 0 unspecified atom stereocenters. The first-order chi connectivity index (χ1) is 23.4. The standard InChI is InChI=1S/C37H27BrN4O4S2/c38-27-13-11-24(12-14-27)32-20-17-29(46-32)23-31(41-34(43)26-9-5-2-6-10-26)35(44)40-28-15-18-30(19-16-28)48-33(25-7-3-1-4-8-25)36(45)42-37-39-21-22-47-37/h1-23,33H,(H,40,44)(H,41,43)(H,39,42,45)/b31-23-/t33-/m1/s1. The number of rotatable bonds is 11. The zero-order valence-electron chi connectivity index (χ0n) is 25.1. The quantitative estimate of drug-likeness (QED) is 0.0905. The molecule has 3 N–H and O–H groups in total. The van der Waals surface area contributed by atoms with Crippen LogP contribution in [0.1, 0.15) is 26.9 Å². The smallest absolute Gasteiger partial charge is 0.272 e. The third-order valence-electron chi connectivity index (χ3n) is 6.94. The van der Waals surface area contributed by atoms with Gasteiger partial charge in [0.1, 0.15) is 22.5 Å². The van der Waals surface area contributed by atoms with Crippen molar-refractivity contribution in [3.63, 3.8) is 0 Å². The Bertz CT molecular complexity index is 2030. The number of nitrogens with zero attached hydrogens (tertiary/aromatic N) is 1. The van der Waals surface area contributed by atoms with Gasteiger partial charge in [0.25, 0.3) is 11.8 Å². The van der Waals surface area contributed by atoms with Gasteiger partial charge in [-0.3, -0.25) is 14.4 Å². The summed E-state index contributed by atoms with van der Waals surface area (Å²) in [6.45, 7) is 0. The van der Waals surface area contributed by atoms with Crippen LogP contribution >= 0.6 is 39.0 Å². The first-order valence-corrected chi connectivity index (χ1v) is 17.2. The monoisotopic (exact) mass is 734 g/mol. The van der Waals surface area contributed by atoms with Crippen LogP contribution in [0.3, 0.4) is 0 Å². The number of anilines is 2. The Morgan fingerprint density at radius 2 is 1.52 bits per heavy atom. The summed E-state index contributed by atoms with van der Waals surface area (Å²) in [6, 6.07) is 36.5. The van der Waals surface area contributed by atoms with E-state index in [0.29, 0.717) is 27.9 Å². The number of benzene rings is 4. The summed E-state index contributed by atoms with van der Waals surface area (Å²) in [5.74, 6) is -0.160. The fourth-order valence-electron chi connectivity index (χ4n) is 4.59. The predicted molar refractivity (Wildman–Crippen MR) is 195 cm³/mol. The van der Waals surface area contributed by atoms with Gasteiger partial charge in [-0.25, -0.2) is 4.98 Å². The van der Waals surface area contributed by atoms with Gasteiger partial charge in [0.05, 0.1) is 0 Å². The molecule has 0 spiro atoms. The van der Waals surface area contributed by atoms with Crippen LogP contribution in [0.4, 0.5) is 10.8 Å². The van der Waals surface area contributed by atoms with E-state index in [4.69, 9.17) is 4.42 Å². The number of amides is 3. The lowest BCUT2D eigenvalue weighted by Crippen LogP contribution is -2.30. The zero-order valence-corrected chi connectivity index (χ0v) is 28.4. The Kier molecular flexibility index (Phi) is 10.6. The number of hydrogen-bond donors (Lipinski definition) is 3. The van der Waals surface area contributed by atoms with Crippen molar-refractivity contribution >= 4 is 73.6 Å². The molecule has 0 radical (unpaired) electrons. The average Bonchev–Trinajstić information content (AvgIpc) is 3.81. The molecule has 4 aromatic carbocycles. The summed E-state index contributed by atoms with van der Waals surface area (Å²) < 4.78 is 6.95. The molecule has 8 nitrogen and oxygen atoms in total. The highest BCUT2D eigenvalue weighted by molar-refractivity contribution is 9.10. The Hall–Kier alpha value is -5.23. The van der Waals surface area contributed by atoms with E-state index in [1.165, 1.54) is 29.2 Å². The minimum atomic E-state index is -0.536. The second kappa shape index (κ2) is 15.6. The number of aromatic nitrogens is 1. The van der Waals surface area contributed by atoms with Gasteiger partial charge in [-0.15, -0.1) is 23.1 Å². The molecule has 2 heterocycles. The molecule has 0 saturated carbocycles. The van der Waals surface area contributed by atoms with Crippen LogP contribution in [0.2, 0.25) is 0 Å². The highest BCUT2D eigenvalue weighted by Gasteiger charge is 2.23. The normalized spacial score (nSPS) is 11.8. The number of nitrogens with one attached hydrogen (secondary N) is 3. The van der Waals surface area contributed by atoms with Gasteiger partial charge in [0.15, 0.2) is 5.13 Å². The minimum absolute atomic E-state index is 0.00186. The molecule has 0 saturated heterocycles. The SMILES string of the molecule is O=C(Nc1ccc(S[C@@H](C(=O)Nc2nccs2)c2ccccc2)cc1)/C(=C/c1ccc(-c2ccc(Br)cc2)o1)NC(=O)c1ccccc1. The van der Waals surface area contributed by atoms with E-state index >= 15 is 0 Å². The molecule has 0 aliphatic rings. The first kappa shape index (κ1) is 32.7. The van der Waals surface area contributed by atoms with Crippen molar-refractivity contribution in [3.05, 3.63) is 160 Å². The average molecular weight is 736 g/mol. The van der Waals surface area contributed by atoms with E-state index in [-0.39, 0.29) is 11.6 Å². The van der Waals surface area contributed by atoms with Crippen LogP contribution in [0.25, 0.3) is 17.4 Å². The summed E-state index contributed by atoms with van der Waals surface area (Å²) >= 11 is 6.17. The first-order valence-electron chi connectivity index (χ1n) is 14.7. The van der Waals surface area contributed by atoms with E-state index in [1.807, 2.05) is 72.8 Å². The number of furan rings is 1. The predicted octanol–water partition coefficient (Wildman–Crippen LogP) is 9.05. The molecule has 11 heteroatoms. The molecule has 6 aromatic rings. The van der Waals surface area contributed by atoms with Crippen molar-refractivity contribution in [1.29, 1.82) is 0 Å². The van der Waals surface area contributed by atoms with E-state index in [0.717, 1.165) is 20.5 Å². The molecule has 48 heavy (non-hydrogen) atoms. The summed E-state index contributed by atoms with van der Waals surface area (Å²) in [7, 11) is 0. The van der Waals surface area contributed by atoms with Crippen molar-refractivity contribution in [2.24, 2.45) is 0 Å². The Morgan fingerprint density at radius 1 is 0.812 bits per heavy atom. The van der Waals surface area contributed by atoms with Crippen molar-refractivity contribution in [2.45, 2.75) is 10.1 Å². The van der Waals surface area contributed by atoms with Crippen molar-refractivity contribution in [3.8, 4) is 11.3 Å². The molecule has 3 amide bonds. The Balaban J connectivity index is 1.20. The second-order valence-corrected chi connectivity index (χ2v) is 13.3. The van der Waals surface area contributed by atoms with E-state index in [2.05, 4.69) is 36.9 Å². The molecule has 1 atom stereocenters. The number of hydrogen-bond acceptors (Lipinski definition) is 7. The van der Waals surface area contributed by atoms with Gasteiger partial charge >= 0.3 is 0 Å². The molecule has 238 valence electrons. The van der Waals surface area contributed by atoms with Crippen LogP contribution in [0.5, 0.6) is 0 Å². The van der Waals surface area contributed by atoms with Crippen molar-refractivity contribution < 1.29 is 18.8 Å². The van der Waals surface area contributed by atoms with Crippen LogP contribution in [-0.4, -0.2) is 22.7 Å². The van der Waals surface area contributed by atoms with E-state index in [1.54, 1.807) is 60.1 Å². The highest BCUT2D eigenvalue weighted by Crippen LogP contribution is 2.37. The number of carbonyl (C=O) groups excluding carboxylic acids is 3. The molecule has 0 fully saturated rings. The summed E-state index contributed by atoms with van der Waals surface area (Å²) in [5.41, 5.74) is 2.62. The zero-order chi connectivity index (χ0) is 33.3. The maximum Gasteiger partial charge on any atom is 0.272 e. The molecule has 0 aliphatic carbocycles. The summed E-state index contributed by atoms with van der Waals surface area (Å²) in [5, 5.41) is 10.3. The maximum atomic E-state index is 13.6. The molecule has 6 rings (SSSR count). The van der Waals surface area contributed by atoms with Crippen LogP contribution < -0.4 is 16.0 Å². The van der Waals surface area contributed by atoms with Gasteiger partial charge < -0.3 is 20.4 Å². The van der Waals surface area contributed by atoms with Gasteiger partial charge in [-0.1, -0.05) is 76.6 Å². The third kappa shape index (κ3) is 8.56. The number of halogens is 1. The van der Waals surface area contributed by atoms with E-state index < -0.39 is 17.1 Å². The van der Waals surface area contributed by atoms with Crippen LogP contribution in [-0.2, 0) is 9.59 Å².